The minimum absolute atomic E-state index is 0.0976. The molecule has 1 aromatic carbocycles. The number of amides is 1. The van der Waals surface area contributed by atoms with E-state index < -0.39 is 21.7 Å². The summed E-state index contributed by atoms with van der Waals surface area (Å²) in [7, 11) is -2.58. The van der Waals surface area contributed by atoms with Crippen molar-refractivity contribution in [1.29, 1.82) is 0 Å². The molecule has 0 bridgehead atoms. The lowest BCUT2D eigenvalue weighted by Crippen LogP contribution is -2.44. The molecule has 0 radical (unpaired) electrons. The summed E-state index contributed by atoms with van der Waals surface area (Å²) in [6.07, 6.45) is 4.99. The highest BCUT2D eigenvalue weighted by Crippen LogP contribution is 2.37. The van der Waals surface area contributed by atoms with E-state index in [9.17, 15) is 4.79 Å². The lowest BCUT2D eigenvalue weighted by Gasteiger charge is -2.34. The highest BCUT2D eigenvalue weighted by atomic mass is 79.9. The molecule has 0 atom stereocenters. The second-order valence-corrected chi connectivity index (χ2v) is 29.3. The highest BCUT2D eigenvalue weighted by Gasteiger charge is 2.29. The number of carbonyl (C=O) groups excluding carboxylic acids is 1. The molecule has 14 heteroatoms. The predicted octanol–water partition coefficient (Wildman–Crippen LogP) is 9.46. The lowest BCUT2D eigenvalue weighted by atomic mass is 10.1. The van der Waals surface area contributed by atoms with Crippen LogP contribution in [-0.2, 0) is 14.2 Å². The van der Waals surface area contributed by atoms with Crippen molar-refractivity contribution in [3.8, 4) is 22.4 Å². The maximum absolute atomic E-state index is 12.8. The minimum atomic E-state index is -1.29. The summed E-state index contributed by atoms with van der Waals surface area (Å²) in [6.45, 7) is 23.1. The molecule has 1 aliphatic heterocycles. The van der Waals surface area contributed by atoms with Gasteiger partial charge in [0.25, 0.3) is 0 Å². The Hall–Kier alpha value is -3.31. The molecule has 288 valence electrons. The summed E-state index contributed by atoms with van der Waals surface area (Å²) in [5, 5.41) is 8.64. The highest BCUT2D eigenvalue weighted by molar-refractivity contribution is 9.10. The van der Waals surface area contributed by atoms with E-state index in [1.807, 2.05) is 61.9 Å². The largest absolute Gasteiger partial charge is 0.444 e. The molecule has 3 aromatic heterocycles. The van der Waals surface area contributed by atoms with Gasteiger partial charge in [-0.05, 0) is 67.7 Å². The number of carbonyl (C=O) groups is 1. The fourth-order valence-corrected chi connectivity index (χ4v) is 7.99. The Morgan fingerprint density at radius 3 is 2.08 bits per heavy atom. The zero-order valence-electron chi connectivity index (χ0n) is 33.0. The van der Waals surface area contributed by atoms with E-state index in [-0.39, 0.29) is 12.1 Å². The first-order valence-electron chi connectivity index (χ1n) is 18.7. The molecule has 53 heavy (non-hydrogen) atoms. The van der Waals surface area contributed by atoms with E-state index in [1.165, 1.54) is 0 Å². The number of pyridine rings is 1. The van der Waals surface area contributed by atoms with Gasteiger partial charge in [0, 0.05) is 71.4 Å². The number of nitrogens with one attached hydrogen (secondary N) is 1. The fourth-order valence-electron chi connectivity index (χ4n) is 5.86. The van der Waals surface area contributed by atoms with Crippen LogP contribution in [-0.4, -0.2) is 98.1 Å². The summed E-state index contributed by atoms with van der Waals surface area (Å²) in [5.41, 5.74) is 3.91. The number of ether oxygens (including phenoxy) is 3. The first-order chi connectivity index (χ1) is 25.0. The van der Waals surface area contributed by atoms with Gasteiger partial charge in [-0.3, -0.25) is 4.98 Å². The van der Waals surface area contributed by atoms with Gasteiger partial charge in [-0.1, -0.05) is 75.7 Å². The number of piperidine rings is 1. The number of likely N-dealkylation sites (tertiary alicyclic amines) is 1. The van der Waals surface area contributed by atoms with Gasteiger partial charge in [0.1, 0.15) is 29.4 Å². The Balaban J connectivity index is 1.49. The maximum atomic E-state index is 12.8. The molecule has 0 spiro atoms. The zero-order valence-corrected chi connectivity index (χ0v) is 36.6. The average Bonchev–Trinajstić information content (AvgIpc) is 3.50. The van der Waals surface area contributed by atoms with E-state index >= 15 is 0 Å². The number of hydrogen-bond donors (Lipinski definition) is 1. The standard InChI is InChI=1S/C39H58BrN7O4Si2/c1-39(2,3)51-38(48)45-19-17-31(18-20-45)43-35-34(40)37(46(27-49-21-23-52(4,5)6)28-50-22-24-53(7,8)9)47-36(44-35)32(26-42-47)30-15-16-33(41-25-30)29-13-11-10-12-14-29/h10-16,25-26,31H,17-24,27-28H2,1-9H3,(H,43,44). The lowest BCUT2D eigenvalue weighted by molar-refractivity contribution is 0.0210. The first kappa shape index (κ1) is 40.9. The summed E-state index contributed by atoms with van der Waals surface area (Å²) in [6, 6.07) is 16.5. The van der Waals surface area contributed by atoms with Gasteiger partial charge < -0.3 is 29.3 Å². The Morgan fingerprint density at radius 1 is 0.906 bits per heavy atom. The van der Waals surface area contributed by atoms with Gasteiger partial charge >= 0.3 is 6.09 Å². The van der Waals surface area contributed by atoms with Crippen molar-refractivity contribution in [3.05, 3.63) is 59.3 Å². The molecule has 0 aliphatic carbocycles. The molecular weight excluding hydrogens is 767 g/mol. The molecule has 0 saturated carbocycles. The molecule has 4 aromatic rings. The molecule has 4 heterocycles. The molecule has 1 aliphatic rings. The number of benzene rings is 1. The van der Waals surface area contributed by atoms with Crippen molar-refractivity contribution in [2.45, 2.75) is 96.6 Å². The van der Waals surface area contributed by atoms with Crippen LogP contribution in [0.4, 0.5) is 16.4 Å². The second-order valence-electron chi connectivity index (χ2n) is 17.3. The van der Waals surface area contributed by atoms with Crippen LogP contribution >= 0.6 is 15.9 Å². The molecule has 1 amide bonds. The predicted molar refractivity (Wildman–Crippen MR) is 224 cm³/mol. The van der Waals surface area contributed by atoms with Crippen LogP contribution in [0.1, 0.15) is 33.6 Å². The van der Waals surface area contributed by atoms with E-state index in [4.69, 9.17) is 29.3 Å². The van der Waals surface area contributed by atoms with Crippen LogP contribution < -0.4 is 10.2 Å². The molecular formula is C39H58BrN7O4Si2. The number of aromatic nitrogens is 4. The van der Waals surface area contributed by atoms with Crippen molar-refractivity contribution in [2.75, 3.05) is 50.0 Å². The number of anilines is 2. The van der Waals surface area contributed by atoms with Crippen molar-refractivity contribution in [3.63, 3.8) is 0 Å². The molecule has 5 rings (SSSR count). The van der Waals surface area contributed by atoms with Crippen molar-refractivity contribution in [2.24, 2.45) is 0 Å². The molecule has 1 fully saturated rings. The van der Waals surface area contributed by atoms with Crippen LogP contribution in [0.3, 0.4) is 0 Å². The summed E-state index contributed by atoms with van der Waals surface area (Å²) in [5.74, 6) is 1.50. The summed E-state index contributed by atoms with van der Waals surface area (Å²) < 4.78 is 21.0. The van der Waals surface area contributed by atoms with Crippen LogP contribution in [0, 0.1) is 0 Å². The van der Waals surface area contributed by atoms with Gasteiger partial charge in [-0.2, -0.15) is 9.61 Å². The van der Waals surface area contributed by atoms with E-state index in [0.29, 0.717) is 51.2 Å². The van der Waals surface area contributed by atoms with Gasteiger partial charge in [0.15, 0.2) is 11.5 Å². The Morgan fingerprint density at radius 2 is 1.53 bits per heavy atom. The first-order valence-corrected chi connectivity index (χ1v) is 26.9. The van der Waals surface area contributed by atoms with Crippen LogP contribution in [0.25, 0.3) is 28.0 Å². The fraction of sp³-hybridized carbons (Fsp3) is 0.538. The van der Waals surface area contributed by atoms with Gasteiger partial charge in [0.05, 0.1) is 11.9 Å². The minimum Gasteiger partial charge on any atom is -0.444 e. The van der Waals surface area contributed by atoms with Crippen LogP contribution in [0.15, 0.2) is 59.3 Å². The summed E-state index contributed by atoms with van der Waals surface area (Å²) >= 11 is 3.96. The third-order valence-electron chi connectivity index (χ3n) is 8.98. The SMILES string of the molecule is CC(C)(C)OC(=O)N1CCC(Nc2nc3c(-c4ccc(-c5ccccc5)nc4)cnn3c(N(COCC[Si](C)(C)C)COCC[Si](C)(C)C)c2Br)CC1. The van der Waals surface area contributed by atoms with Crippen molar-refractivity contribution >= 4 is 55.5 Å². The summed E-state index contributed by atoms with van der Waals surface area (Å²) in [4.78, 5) is 26.7. The van der Waals surface area contributed by atoms with Crippen molar-refractivity contribution in [1.82, 2.24) is 24.5 Å². The Bertz CT molecular complexity index is 1780. The van der Waals surface area contributed by atoms with Gasteiger partial charge in [-0.25, -0.2) is 9.78 Å². The average molecular weight is 825 g/mol. The van der Waals surface area contributed by atoms with Gasteiger partial charge in [0.2, 0.25) is 0 Å². The topological polar surface area (TPSA) is 106 Å². The monoisotopic (exact) mass is 823 g/mol. The third kappa shape index (κ3) is 11.8. The maximum Gasteiger partial charge on any atom is 0.410 e. The normalized spacial score (nSPS) is 14.5. The van der Waals surface area contributed by atoms with Gasteiger partial charge in [-0.15, -0.1) is 0 Å². The van der Waals surface area contributed by atoms with Crippen LogP contribution in [0.2, 0.25) is 51.4 Å². The molecule has 1 saturated heterocycles. The second kappa shape index (κ2) is 17.4. The third-order valence-corrected chi connectivity index (χ3v) is 13.1. The van der Waals surface area contributed by atoms with Crippen LogP contribution in [0.5, 0.6) is 0 Å². The van der Waals surface area contributed by atoms with Crippen molar-refractivity contribution < 1.29 is 19.0 Å². The molecule has 0 unspecified atom stereocenters. The number of nitrogens with zero attached hydrogens (tertiary/aromatic N) is 6. The zero-order chi connectivity index (χ0) is 38.4. The Kier molecular flexibility index (Phi) is 13.4. The van der Waals surface area contributed by atoms with E-state index in [0.717, 1.165) is 57.6 Å². The molecule has 11 nitrogen and oxygen atoms in total. The number of fused-ring (bicyclic) bond motifs is 1. The Labute approximate surface area is 326 Å². The van der Waals surface area contributed by atoms with E-state index in [1.54, 1.807) is 4.90 Å². The smallest absolute Gasteiger partial charge is 0.410 e. The number of halogens is 1. The van der Waals surface area contributed by atoms with E-state index in [2.05, 4.69) is 83.6 Å². The molecule has 1 N–H and O–H groups in total. The number of hydrogen-bond acceptors (Lipinski definition) is 9. The number of rotatable bonds is 15. The quantitative estimate of drug-likeness (QED) is 0.0713.